The van der Waals surface area contributed by atoms with E-state index >= 15 is 0 Å². The lowest BCUT2D eigenvalue weighted by Crippen LogP contribution is -2.46. The number of carbonyl (C=O) groups is 1. The molecular weight excluding hydrogens is 296 g/mol. The number of nitrogens with two attached hydrogens (primary N) is 1. The number of nitrogens with zero attached hydrogens (tertiary/aromatic N) is 2. The minimum absolute atomic E-state index is 0. The quantitative estimate of drug-likeness (QED) is 0.831. The van der Waals surface area contributed by atoms with Crippen LogP contribution in [-0.4, -0.2) is 41.5 Å². The van der Waals surface area contributed by atoms with Crippen LogP contribution in [0.3, 0.4) is 0 Å². The lowest BCUT2D eigenvalue weighted by molar-refractivity contribution is -0.121. The van der Waals surface area contributed by atoms with E-state index in [1.54, 1.807) is 11.3 Å². The van der Waals surface area contributed by atoms with E-state index in [1.807, 2.05) is 11.7 Å². The molecule has 1 aromatic heterocycles. The van der Waals surface area contributed by atoms with Crippen molar-refractivity contribution in [3.63, 3.8) is 0 Å². The lowest BCUT2D eigenvalue weighted by atomic mass is 10.0. The first kappa shape index (κ1) is 17.4. The van der Waals surface area contributed by atoms with Gasteiger partial charge in [-0.2, -0.15) is 0 Å². The van der Waals surface area contributed by atoms with E-state index in [4.69, 9.17) is 5.73 Å². The fraction of sp³-hybridized carbons (Fsp3) is 0.692. The number of likely N-dealkylation sites (tertiary alicyclic amines) is 1. The Bertz CT molecular complexity index is 388. The van der Waals surface area contributed by atoms with Gasteiger partial charge in [-0.3, -0.25) is 14.7 Å². The maximum Gasteiger partial charge on any atom is 0.221 e. The molecule has 1 atom stereocenters. The van der Waals surface area contributed by atoms with Crippen LogP contribution in [0.15, 0.2) is 11.7 Å². The van der Waals surface area contributed by atoms with Gasteiger partial charge in [0.25, 0.3) is 0 Å². The maximum atomic E-state index is 11.5. The third kappa shape index (κ3) is 5.36. The number of hydrogen-bond acceptors (Lipinski definition) is 5. The van der Waals surface area contributed by atoms with Crippen LogP contribution in [0, 0.1) is 0 Å². The van der Waals surface area contributed by atoms with Crippen molar-refractivity contribution in [2.75, 3.05) is 19.6 Å². The van der Waals surface area contributed by atoms with Gasteiger partial charge in [-0.1, -0.05) is 6.42 Å². The normalized spacial score (nSPS) is 19.4. The van der Waals surface area contributed by atoms with Crippen LogP contribution in [0.5, 0.6) is 0 Å². The van der Waals surface area contributed by atoms with Crippen molar-refractivity contribution in [2.24, 2.45) is 5.73 Å². The van der Waals surface area contributed by atoms with Crippen LogP contribution < -0.4 is 11.1 Å². The van der Waals surface area contributed by atoms with Crippen molar-refractivity contribution in [2.45, 2.75) is 38.3 Å². The van der Waals surface area contributed by atoms with Crippen LogP contribution >= 0.6 is 23.7 Å². The highest BCUT2D eigenvalue weighted by molar-refractivity contribution is 7.09. The largest absolute Gasteiger partial charge is 0.354 e. The van der Waals surface area contributed by atoms with Crippen LogP contribution in [0.25, 0.3) is 0 Å². The number of nitrogens with one attached hydrogen (secondary N) is 1. The average Bonchev–Trinajstić information content (AvgIpc) is 2.91. The fourth-order valence-corrected chi connectivity index (χ4v) is 3.09. The van der Waals surface area contributed by atoms with Crippen LogP contribution in [0.1, 0.15) is 30.6 Å². The van der Waals surface area contributed by atoms with Gasteiger partial charge >= 0.3 is 0 Å². The summed E-state index contributed by atoms with van der Waals surface area (Å²) in [6, 6.07) is 0.442. The molecule has 1 aliphatic rings. The predicted molar refractivity (Wildman–Crippen MR) is 84.1 cm³/mol. The molecule has 1 fully saturated rings. The van der Waals surface area contributed by atoms with E-state index in [1.165, 1.54) is 17.7 Å². The number of hydrogen-bond donors (Lipinski definition) is 2. The molecule has 0 radical (unpaired) electrons. The van der Waals surface area contributed by atoms with Gasteiger partial charge in [0.1, 0.15) is 0 Å². The van der Waals surface area contributed by atoms with E-state index < -0.39 is 0 Å². The molecule has 1 aliphatic heterocycles. The van der Waals surface area contributed by atoms with E-state index in [-0.39, 0.29) is 18.3 Å². The zero-order valence-corrected chi connectivity index (χ0v) is 13.2. The Morgan fingerprint density at radius 3 is 3.10 bits per heavy atom. The van der Waals surface area contributed by atoms with Crippen LogP contribution in [0.4, 0.5) is 0 Å². The average molecular weight is 319 g/mol. The highest BCUT2D eigenvalue weighted by Gasteiger charge is 2.23. The van der Waals surface area contributed by atoms with Gasteiger partial charge in [0.2, 0.25) is 5.91 Å². The van der Waals surface area contributed by atoms with Crippen molar-refractivity contribution in [3.05, 3.63) is 16.6 Å². The first-order valence-electron chi connectivity index (χ1n) is 6.88. The third-order valence-electron chi connectivity index (χ3n) is 3.50. The second kappa shape index (κ2) is 9.28. The topological polar surface area (TPSA) is 71.2 Å². The Morgan fingerprint density at radius 1 is 1.55 bits per heavy atom. The Balaban J connectivity index is 0.00000200. The second-order valence-electron chi connectivity index (χ2n) is 4.93. The van der Waals surface area contributed by atoms with Gasteiger partial charge in [0, 0.05) is 43.2 Å². The Labute approximate surface area is 130 Å². The molecular formula is C13H23ClN4OS. The second-order valence-corrected chi connectivity index (χ2v) is 5.90. The number of carbonyl (C=O) groups excluding carboxylic acids is 1. The number of thiazole rings is 1. The van der Waals surface area contributed by atoms with Gasteiger partial charge in [-0.05, 0) is 19.4 Å². The van der Waals surface area contributed by atoms with Gasteiger partial charge in [-0.15, -0.1) is 23.7 Å². The standard InChI is InChI=1S/C13H22N4OS.ClH/c14-5-4-13(18)16-7-11-3-1-2-6-17(11)9-12-8-15-10-19-12;/h8,10-11H,1-7,9,14H2,(H,16,18);1H. The van der Waals surface area contributed by atoms with Gasteiger partial charge < -0.3 is 11.1 Å². The molecule has 0 aliphatic carbocycles. The minimum atomic E-state index is 0. The number of aromatic nitrogens is 1. The van der Waals surface area contributed by atoms with Crippen LogP contribution in [0.2, 0.25) is 0 Å². The smallest absolute Gasteiger partial charge is 0.221 e. The van der Waals surface area contributed by atoms with Crippen molar-refractivity contribution < 1.29 is 4.79 Å². The highest BCUT2D eigenvalue weighted by Crippen LogP contribution is 2.20. The van der Waals surface area contributed by atoms with Crippen molar-refractivity contribution in [1.29, 1.82) is 0 Å². The monoisotopic (exact) mass is 318 g/mol. The molecule has 0 bridgehead atoms. The summed E-state index contributed by atoms with van der Waals surface area (Å²) < 4.78 is 0. The molecule has 0 aromatic carbocycles. The van der Waals surface area contributed by atoms with E-state index in [0.717, 1.165) is 26.1 Å². The molecule has 5 nitrogen and oxygen atoms in total. The molecule has 1 aromatic rings. The molecule has 1 unspecified atom stereocenters. The van der Waals surface area contributed by atoms with E-state index in [9.17, 15) is 4.79 Å². The number of rotatable bonds is 6. The highest BCUT2D eigenvalue weighted by atomic mass is 35.5. The van der Waals surface area contributed by atoms with Crippen molar-refractivity contribution >= 4 is 29.7 Å². The SMILES string of the molecule is Cl.NCCC(=O)NCC1CCCCN1Cc1cncs1. The summed E-state index contributed by atoms with van der Waals surface area (Å²) in [6.45, 7) is 3.20. The summed E-state index contributed by atoms with van der Waals surface area (Å²) in [5.41, 5.74) is 7.25. The Kier molecular flexibility index (Phi) is 8.06. The zero-order valence-electron chi connectivity index (χ0n) is 11.6. The molecule has 2 heterocycles. The summed E-state index contributed by atoms with van der Waals surface area (Å²) in [4.78, 5) is 19.4. The molecule has 2 rings (SSSR count). The maximum absolute atomic E-state index is 11.5. The fourth-order valence-electron chi connectivity index (χ4n) is 2.47. The molecule has 7 heteroatoms. The molecule has 114 valence electrons. The van der Waals surface area contributed by atoms with Crippen molar-refractivity contribution in [1.82, 2.24) is 15.2 Å². The summed E-state index contributed by atoms with van der Waals surface area (Å²) in [6.07, 6.45) is 6.00. The Morgan fingerprint density at radius 2 is 2.40 bits per heavy atom. The molecule has 1 saturated heterocycles. The first-order chi connectivity index (χ1) is 9.29. The number of amides is 1. The number of halogens is 1. The molecule has 0 spiro atoms. The molecule has 20 heavy (non-hydrogen) atoms. The predicted octanol–water partition coefficient (Wildman–Crippen LogP) is 1.38. The summed E-state index contributed by atoms with van der Waals surface area (Å²) >= 11 is 1.69. The molecule has 1 amide bonds. The lowest BCUT2D eigenvalue weighted by Gasteiger charge is -2.35. The summed E-state index contributed by atoms with van der Waals surface area (Å²) in [5.74, 6) is 0.0609. The van der Waals surface area contributed by atoms with Gasteiger partial charge in [-0.25, -0.2) is 0 Å². The first-order valence-corrected chi connectivity index (χ1v) is 7.75. The molecule has 0 saturated carbocycles. The van der Waals surface area contributed by atoms with Gasteiger partial charge in [0.05, 0.1) is 5.51 Å². The van der Waals surface area contributed by atoms with E-state index in [2.05, 4.69) is 15.2 Å². The zero-order chi connectivity index (χ0) is 13.5. The van der Waals surface area contributed by atoms with E-state index in [0.29, 0.717) is 19.0 Å². The minimum Gasteiger partial charge on any atom is -0.354 e. The molecule has 3 N–H and O–H groups in total. The Hall–Kier alpha value is -0.690. The summed E-state index contributed by atoms with van der Waals surface area (Å²) in [7, 11) is 0. The van der Waals surface area contributed by atoms with Gasteiger partial charge in [0.15, 0.2) is 0 Å². The van der Waals surface area contributed by atoms with Crippen molar-refractivity contribution in [3.8, 4) is 0 Å². The third-order valence-corrected chi connectivity index (χ3v) is 4.26. The summed E-state index contributed by atoms with van der Waals surface area (Å²) in [5, 5.41) is 2.99. The van der Waals surface area contributed by atoms with Crippen LogP contribution in [-0.2, 0) is 11.3 Å². The number of piperidine rings is 1.